The third-order valence-corrected chi connectivity index (χ3v) is 5.18. The second kappa shape index (κ2) is 7.73. The molecule has 2 aromatic rings. The molecule has 0 bridgehead atoms. The molecular formula is C14H8BrI3O2. The normalized spacial score (nSPS) is 10.4. The van der Waals surface area contributed by atoms with Gasteiger partial charge in [0.05, 0.1) is 7.14 Å². The molecule has 0 aliphatic rings. The van der Waals surface area contributed by atoms with Crippen molar-refractivity contribution in [1.82, 2.24) is 0 Å². The quantitative estimate of drug-likeness (QED) is 0.317. The van der Waals surface area contributed by atoms with Crippen molar-refractivity contribution in [3.05, 3.63) is 57.1 Å². The van der Waals surface area contributed by atoms with Crippen LogP contribution in [-0.2, 0) is 0 Å². The maximum absolute atomic E-state index is 12.1. The predicted octanol–water partition coefficient (Wildman–Crippen LogP) is 5.52. The van der Waals surface area contributed by atoms with E-state index in [0.29, 0.717) is 5.56 Å². The number of hydrogen-bond donors (Lipinski definition) is 0. The number of rotatable bonds is 4. The first-order valence-corrected chi connectivity index (χ1v) is 9.56. The first-order chi connectivity index (χ1) is 9.47. The summed E-state index contributed by atoms with van der Waals surface area (Å²) in [5.41, 5.74) is 0.648. The van der Waals surface area contributed by atoms with E-state index in [9.17, 15) is 4.79 Å². The fourth-order valence-electron chi connectivity index (χ4n) is 1.55. The van der Waals surface area contributed by atoms with E-state index in [2.05, 4.69) is 83.7 Å². The van der Waals surface area contributed by atoms with Crippen LogP contribution < -0.4 is 4.74 Å². The van der Waals surface area contributed by atoms with Crippen LogP contribution in [0.15, 0.2) is 40.9 Å². The van der Waals surface area contributed by atoms with Crippen LogP contribution in [0.25, 0.3) is 0 Å². The molecule has 0 aromatic heterocycles. The molecule has 0 aliphatic carbocycles. The molecule has 0 saturated carbocycles. The van der Waals surface area contributed by atoms with Gasteiger partial charge in [-0.15, -0.1) is 0 Å². The summed E-state index contributed by atoms with van der Waals surface area (Å²) in [6, 6.07) is 11.4. The average Bonchev–Trinajstić information content (AvgIpc) is 2.37. The third-order valence-electron chi connectivity index (χ3n) is 2.46. The lowest BCUT2D eigenvalue weighted by atomic mass is 10.1. The Morgan fingerprint density at radius 3 is 2.35 bits per heavy atom. The van der Waals surface area contributed by atoms with Gasteiger partial charge >= 0.3 is 0 Å². The fourth-order valence-corrected chi connectivity index (χ4v) is 5.84. The smallest absolute Gasteiger partial charge is 0.200 e. The van der Waals surface area contributed by atoms with Crippen LogP contribution in [0.1, 0.15) is 10.4 Å². The summed E-state index contributed by atoms with van der Waals surface area (Å²) in [5.74, 6) is 0.742. The van der Waals surface area contributed by atoms with E-state index in [1.54, 1.807) is 12.1 Å². The van der Waals surface area contributed by atoms with Crippen molar-refractivity contribution in [3.8, 4) is 5.75 Å². The number of carbonyl (C=O) groups is 1. The molecule has 0 saturated heterocycles. The van der Waals surface area contributed by atoms with Gasteiger partial charge in [-0.3, -0.25) is 4.79 Å². The highest BCUT2D eigenvalue weighted by Crippen LogP contribution is 2.29. The number of hydrogen-bond acceptors (Lipinski definition) is 2. The Labute approximate surface area is 166 Å². The van der Waals surface area contributed by atoms with Crippen molar-refractivity contribution >= 4 is 89.5 Å². The van der Waals surface area contributed by atoms with Crippen LogP contribution in [0, 0.1) is 10.7 Å². The lowest BCUT2D eigenvalue weighted by Crippen LogP contribution is -2.12. The zero-order valence-electron chi connectivity index (χ0n) is 10.00. The number of benzene rings is 2. The Morgan fingerprint density at radius 2 is 1.75 bits per heavy atom. The minimum Gasteiger partial charge on any atom is -0.483 e. The Hall–Kier alpha value is 0.580. The molecule has 0 radical (unpaired) electrons. The van der Waals surface area contributed by atoms with Crippen molar-refractivity contribution in [3.63, 3.8) is 0 Å². The molecule has 20 heavy (non-hydrogen) atoms. The van der Waals surface area contributed by atoms with Crippen molar-refractivity contribution in [1.29, 1.82) is 0 Å². The number of Topliss-reactive ketones (excluding diaryl/α,β-unsaturated/α-hetero) is 1. The van der Waals surface area contributed by atoms with Gasteiger partial charge in [-0.05, 0) is 92.0 Å². The Morgan fingerprint density at radius 1 is 1.10 bits per heavy atom. The molecule has 2 nitrogen and oxygen atoms in total. The van der Waals surface area contributed by atoms with Crippen molar-refractivity contribution < 1.29 is 9.53 Å². The van der Waals surface area contributed by atoms with E-state index in [-0.39, 0.29) is 12.4 Å². The Kier molecular flexibility index (Phi) is 6.54. The van der Waals surface area contributed by atoms with Gasteiger partial charge < -0.3 is 4.74 Å². The summed E-state index contributed by atoms with van der Waals surface area (Å²) < 4.78 is 9.77. The first-order valence-electron chi connectivity index (χ1n) is 5.53. The van der Waals surface area contributed by atoms with E-state index >= 15 is 0 Å². The number of carbonyl (C=O) groups excluding carboxylic acids is 1. The summed E-state index contributed by atoms with van der Waals surface area (Å²) in [5, 5.41) is 0. The maximum atomic E-state index is 12.1. The van der Waals surface area contributed by atoms with Crippen molar-refractivity contribution in [2.75, 3.05) is 6.61 Å². The van der Waals surface area contributed by atoms with E-state index in [0.717, 1.165) is 20.9 Å². The molecule has 0 fully saturated rings. The minimum absolute atomic E-state index is 0.0311. The SMILES string of the molecule is O=C(COc1c(I)cc(I)cc1I)c1cccc(Br)c1. The van der Waals surface area contributed by atoms with Crippen LogP contribution in [0.5, 0.6) is 5.75 Å². The van der Waals surface area contributed by atoms with E-state index in [1.165, 1.54) is 0 Å². The molecule has 0 spiro atoms. The van der Waals surface area contributed by atoms with Gasteiger partial charge in [-0.25, -0.2) is 0 Å². The highest BCUT2D eigenvalue weighted by molar-refractivity contribution is 14.1. The number of ketones is 1. The first kappa shape index (κ1) is 16.9. The van der Waals surface area contributed by atoms with E-state index < -0.39 is 0 Å². The molecule has 2 aromatic carbocycles. The lowest BCUT2D eigenvalue weighted by molar-refractivity contribution is 0.0920. The molecule has 0 heterocycles. The molecule has 0 atom stereocenters. The monoisotopic (exact) mass is 668 g/mol. The molecule has 0 aliphatic heterocycles. The second-order valence-electron chi connectivity index (χ2n) is 3.92. The highest BCUT2D eigenvalue weighted by atomic mass is 127. The molecule has 0 amide bonds. The highest BCUT2D eigenvalue weighted by Gasteiger charge is 2.12. The van der Waals surface area contributed by atoms with Crippen LogP contribution in [-0.4, -0.2) is 12.4 Å². The fraction of sp³-hybridized carbons (Fsp3) is 0.0714. The zero-order chi connectivity index (χ0) is 14.7. The van der Waals surface area contributed by atoms with Gasteiger partial charge in [-0.2, -0.15) is 0 Å². The zero-order valence-corrected chi connectivity index (χ0v) is 18.1. The minimum atomic E-state index is -0.0311. The van der Waals surface area contributed by atoms with Crippen molar-refractivity contribution in [2.45, 2.75) is 0 Å². The van der Waals surface area contributed by atoms with Crippen molar-refractivity contribution in [2.24, 2.45) is 0 Å². The lowest BCUT2D eigenvalue weighted by Gasteiger charge is -2.10. The molecule has 104 valence electrons. The van der Waals surface area contributed by atoms with E-state index in [4.69, 9.17) is 4.74 Å². The molecule has 2 rings (SSSR count). The van der Waals surface area contributed by atoms with Gasteiger partial charge in [-0.1, -0.05) is 28.1 Å². The molecule has 6 heteroatoms. The van der Waals surface area contributed by atoms with Gasteiger partial charge in [0.15, 0.2) is 12.4 Å². The standard InChI is InChI=1S/C14H8BrI3O2/c15-9-3-1-2-8(4-9)13(19)7-20-14-11(17)5-10(16)6-12(14)18/h1-6H,7H2. The summed E-state index contributed by atoms with van der Waals surface area (Å²) in [6.45, 7) is 0.0447. The van der Waals surface area contributed by atoms with E-state index in [1.807, 2.05) is 24.3 Å². The van der Waals surface area contributed by atoms with Crippen LogP contribution in [0.3, 0.4) is 0 Å². The largest absolute Gasteiger partial charge is 0.483 e. The van der Waals surface area contributed by atoms with Gasteiger partial charge in [0.1, 0.15) is 5.75 Å². The third kappa shape index (κ3) is 4.54. The van der Waals surface area contributed by atoms with Crippen LogP contribution >= 0.6 is 83.7 Å². The molecular weight excluding hydrogens is 661 g/mol. The van der Waals surface area contributed by atoms with Gasteiger partial charge in [0, 0.05) is 13.6 Å². The van der Waals surface area contributed by atoms with Crippen LogP contribution in [0.4, 0.5) is 0 Å². The average molecular weight is 669 g/mol. The summed E-state index contributed by atoms with van der Waals surface area (Å²) in [7, 11) is 0. The summed E-state index contributed by atoms with van der Waals surface area (Å²) in [6.07, 6.45) is 0. The van der Waals surface area contributed by atoms with Crippen LogP contribution in [0.2, 0.25) is 0 Å². The topological polar surface area (TPSA) is 26.3 Å². The summed E-state index contributed by atoms with van der Waals surface area (Å²) >= 11 is 10.1. The Bertz CT molecular complexity index is 636. The molecule has 0 unspecified atom stereocenters. The Balaban J connectivity index is 2.11. The molecule has 0 N–H and O–H groups in total. The number of ether oxygens (including phenoxy) is 1. The number of halogens is 4. The predicted molar refractivity (Wildman–Crippen MR) is 109 cm³/mol. The van der Waals surface area contributed by atoms with Gasteiger partial charge in [0.2, 0.25) is 0 Å². The maximum Gasteiger partial charge on any atom is 0.200 e. The second-order valence-corrected chi connectivity index (χ2v) is 8.41. The van der Waals surface area contributed by atoms with Gasteiger partial charge in [0.25, 0.3) is 0 Å². The summed E-state index contributed by atoms with van der Waals surface area (Å²) in [4.78, 5) is 12.1.